The summed E-state index contributed by atoms with van der Waals surface area (Å²) in [6.07, 6.45) is 1.81. The van der Waals surface area contributed by atoms with E-state index in [4.69, 9.17) is 19.4 Å². The minimum Gasteiger partial charge on any atom is -0.456 e. The highest BCUT2D eigenvalue weighted by molar-refractivity contribution is 6.14. The van der Waals surface area contributed by atoms with Gasteiger partial charge in [-0.25, -0.2) is 15.0 Å². The molecule has 0 aliphatic heterocycles. The summed E-state index contributed by atoms with van der Waals surface area (Å²) in [6.45, 7) is 0. The van der Waals surface area contributed by atoms with Crippen molar-refractivity contribution in [2.24, 2.45) is 0 Å². The van der Waals surface area contributed by atoms with Crippen LogP contribution in [0.1, 0.15) is 29.0 Å². The van der Waals surface area contributed by atoms with Crippen molar-refractivity contribution in [3.05, 3.63) is 211 Å². The van der Waals surface area contributed by atoms with E-state index in [1.807, 2.05) is 0 Å². The van der Waals surface area contributed by atoms with Crippen LogP contribution in [-0.4, -0.2) is 15.0 Å². The number of hydrogen-bond acceptors (Lipinski definition) is 4. The third-order valence-electron chi connectivity index (χ3n) is 13.1. The molecular formula is C58H37N3O. The summed E-state index contributed by atoms with van der Waals surface area (Å²) in [7, 11) is 0. The van der Waals surface area contributed by atoms with Crippen molar-refractivity contribution >= 4 is 65.0 Å². The zero-order valence-corrected chi connectivity index (χ0v) is 33.7. The summed E-state index contributed by atoms with van der Waals surface area (Å²) in [4.78, 5) is 16.5. The largest absolute Gasteiger partial charge is 0.456 e. The first-order valence-electron chi connectivity index (χ1n) is 21.4. The van der Waals surface area contributed by atoms with Crippen LogP contribution in [0.4, 0.5) is 0 Å². The van der Waals surface area contributed by atoms with Crippen molar-refractivity contribution < 1.29 is 4.42 Å². The number of furan rings is 1. The Labute approximate surface area is 357 Å². The van der Waals surface area contributed by atoms with Crippen LogP contribution in [0.2, 0.25) is 0 Å². The highest BCUT2D eigenvalue weighted by atomic mass is 16.3. The molecule has 1 unspecified atom stereocenters. The molecule has 1 atom stereocenters. The van der Waals surface area contributed by atoms with E-state index in [0.717, 1.165) is 73.0 Å². The second-order valence-corrected chi connectivity index (χ2v) is 16.6. The first-order chi connectivity index (χ1) is 30.7. The molecule has 2 aromatic heterocycles. The van der Waals surface area contributed by atoms with Crippen molar-refractivity contribution in [1.29, 1.82) is 0 Å². The Hall–Kier alpha value is -7.95. The number of fused-ring (bicyclic) bond motifs is 11. The fraction of sp³-hybridized carbons (Fsp3) is 0.0517. The molecule has 0 N–H and O–H groups in total. The van der Waals surface area contributed by atoms with Crippen LogP contribution in [0.15, 0.2) is 199 Å². The third-order valence-corrected chi connectivity index (χ3v) is 13.1. The Morgan fingerprint density at radius 3 is 1.79 bits per heavy atom. The van der Waals surface area contributed by atoms with Crippen LogP contribution in [-0.2, 0) is 6.42 Å². The zero-order chi connectivity index (χ0) is 40.7. The Bertz CT molecular complexity index is 3780. The van der Waals surface area contributed by atoms with E-state index in [-0.39, 0.29) is 5.92 Å². The van der Waals surface area contributed by atoms with Gasteiger partial charge in [0.05, 0.1) is 0 Å². The maximum atomic E-state index is 6.68. The molecule has 0 fully saturated rings. The highest BCUT2D eigenvalue weighted by Crippen LogP contribution is 2.49. The monoisotopic (exact) mass is 791 g/mol. The Balaban J connectivity index is 1.12. The van der Waals surface area contributed by atoms with E-state index >= 15 is 0 Å². The maximum absolute atomic E-state index is 6.68. The van der Waals surface area contributed by atoms with Crippen LogP contribution < -0.4 is 0 Å². The first-order valence-corrected chi connectivity index (χ1v) is 21.4. The standard InChI is InChI=1S/C58H37N3O/c1-2-16-37-33-50-39(32-36(37)15-1)28-29-46(43-22-8-9-23-44(43)50)54-49(30-31-53-55(54)48-25-11-12-27-52(48)62-53)57-59-56(47-26-13-18-35-14-3-5-19-40(35)47)60-58(61-57)51-34-38-17-4-6-20-41(38)42-21-7-10-24-45(42)51/h1-27,30-34,46H,28-29H2. The van der Waals surface area contributed by atoms with Gasteiger partial charge < -0.3 is 4.42 Å². The first kappa shape index (κ1) is 34.9. The lowest BCUT2D eigenvalue weighted by molar-refractivity contribution is 0.667. The van der Waals surface area contributed by atoms with Crippen molar-refractivity contribution in [2.45, 2.75) is 18.8 Å². The molecule has 1 aliphatic rings. The molecule has 10 aromatic carbocycles. The van der Waals surface area contributed by atoms with E-state index in [0.29, 0.717) is 17.5 Å². The molecule has 4 nitrogen and oxygen atoms in total. The third kappa shape index (κ3) is 5.43. The van der Waals surface area contributed by atoms with E-state index in [9.17, 15) is 0 Å². The quantitative estimate of drug-likeness (QED) is 0.167. The number of hydrogen-bond donors (Lipinski definition) is 0. The van der Waals surface area contributed by atoms with Crippen LogP contribution in [0.25, 0.3) is 110 Å². The SMILES string of the molecule is c1ccc2c(c1)-c1cc3ccccc3cc1CCC2c1c(-c2nc(-c3cccc4ccccc34)nc(-c3cc4ccccc4c4ccccc34)n2)ccc2oc3ccccc3c12. The smallest absolute Gasteiger partial charge is 0.164 e. The fourth-order valence-electron chi connectivity index (χ4n) is 10.3. The van der Waals surface area contributed by atoms with Gasteiger partial charge in [-0.1, -0.05) is 164 Å². The average Bonchev–Trinajstić information content (AvgIpc) is 3.64. The molecule has 2 heterocycles. The van der Waals surface area contributed by atoms with Gasteiger partial charge in [0.2, 0.25) is 0 Å². The lowest BCUT2D eigenvalue weighted by Crippen LogP contribution is -2.08. The van der Waals surface area contributed by atoms with Gasteiger partial charge in [0.25, 0.3) is 0 Å². The van der Waals surface area contributed by atoms with Crippen molar-refractivity contribution in [3.63, 3.8) is 0 Å². The fourth-order valence-corrected chi connectivity index (χ4v) is 10.3. The topological polar surface area (TPSA) is 51.8 Å². The number of aryl methyl sites for hydroxylation is 1. The molecule has 0 bridgehead atoms. The molecule has 62 heavy (non-hydrogen) atoms. The van der Waals surface area contributed by atoms with E-state index in [1.165, 1.54) is 49.4 Å². The van der Waals surface area contributed by atoms with Gasteiger partial charge in [-0.2, -0.15) is 0 Å². The summed E-state index contributed by atoms with van der Waals surface area (Å²) in [5.41, 5.74) is 11.1. The van der Waals surface area contributed by atoms with Gasteiger partial charge in [-0.05, 0) is 114 Å². The van der Waals surface area contributed by atoms with Crippen LogP contribution in [0.3, 0.4) is 0 Å². The number of nitrogens with zero attached hydrogens (tertiary/aromatic N) is 3. The van der Waals surface area contributed by atoms with E-state index in [1.54, 1.807) is 0 Å². The number of para-hydroxylation sites is 1. The summed E-state index contributed by atoms with van der Waals surface area (Å²) in [6, 6.07) is 69.6. The molecule has 0 spiro atoms. The number of benzene rings is 10. The minimum atomic E-state index is 0.00383. The highest BCUT2D eigenvalue weighted by Gasteiger charge is 2.31. The molecule has 0 radical (unpaired) electrons. The Morgan fingerprint density at radius 2 is 0.952 bits per heavy atom. The van der Waals surface area contributed by atoms with Crippen molar-refractivity contribution in [1.82, 2.24) is 15.0 Å². The Morgan fingerprint density at radius 1 is 0.371 bits per heavy atom. The van der Waals surface area contributed by atoms with Crippen LogP contribution in [0.5, 0.6) is 0 Å². The molecule has 0 saturated carbocycles. The van der Waals surface area contributed by atoms with Crippen LogP contribution in [0, 0.1) is 0 Å². The van der Waals surface area contributed by atoms with Gasteiger partial charge >= 0.3 is 0 Å². The molecule has 1 aliphatic carbocycles. The number of aromatic nitrogens is 3. The second kappa shape index (κ2) is 13.8. The molecule has 13 rings (SSSR count). The van der Waals surface area contributed by atoms with Gasteiger partial charge in [0.15, 0.2) is 17.5 Å². The van der Waals surface area contributed by atoms with Gasteiger partial charge in [-0.3, -0.25) is 0 Å². The van der Waals surface area contributed by atoms with Crippen LogP contribution >= 0.6 is 0 Å². The lowest BCUT2D eigenvalue weighted by atomic mass is 9.81. The molecule has 290 valence electrons. The predicted molar refractivity (Wildman–Crippen MR) is 255 cm³/mol. The summed E-state index contributed by atoms with van der Waals surface area (Å²) in [5.74, 6) is 1.93. The Kier molecular flexibility index (Phi) is 7.76. The summed E-state index contributed by atoms with van der Waals surface area (Å²) < 4.78 is 6.68. The lowest BCUT2D eigenvalue weighted by Gasteiger charge is -2.23. The number of rotatable bonds is 4. The average molecular weight is 792 g/mol. The van der Waals surface area contributed by atoms with Gasteiger partial charge in [-0.15, -0.1) is 0 Å². The molecule has 4 heteroatoms. The second-order valence-electron chi connectivity index (χ2n) is 16.6. The minimum absolute atomic E-state index is 0.00383. The van der Waals surface area contributed by atoms with E-state index in [2.05, 4.69) is 194 Å². The van der Waals surface area contributed by atoms with E-state index < -0.39 is 0 Å². The van der Waals surface area contributed by atoms with Gasteiger partial charge in [0, 0.05) is 33.4 Å². The molecule has 0 amide bonds. The summed E-state index contributed by atoms with van der Waals surface area (Å²) in [5, 5.41) is 11.6. The zero-order valence-electron chi connectivity index (χ0n) is 33.7. The van der Waals surface area contributed by atoms with Gasteiger partial charge in [0.1, 0.15) is 11.2 Å². The maximum Gasteiger partial charge on any atom is 0.164 e. The molecule has 12 aromatic rings. The molecule has 0 saturated heterocycles. The predicted octanol–water partition coefficient (Wildman–Crippen LogP) is 15.1. The normalized spacial score (nSPS) is 13.8. The summed E-state index contributed by atoms with van der Waals surface area (Å²) >= 11 is 0. The van der Waals surface area contributed by atoms with Crippen molar-refractivity contribution in [3.8, 4) is 45.3 Å². The molecular weight excluding hydrogens is 755 g/mol. The van der Waals surface area contributed by atoms with Crippen molar-refractivity contribution in [2.75, 3.05) is 0 Å².